The molecule has 0 aromatic carbocycles. The number of likely N-dealkylation sites (tertiary alicyclic amines) is 1. The predicted molar refractivity (Wildman–Crippen MR) is 88.3 cm³/mol. The lowest BCUT2D eigenvalue weighted by molar-refractivity contribution is 0.0191. The Hall–Kier alpha value is -1.01. The highest BCUT2D eigenvalue weighted by molar-refractivity contribution is 7.99. The molecule has 1 aromatic rings. The first-order chi connectivity index (χ1) is 10.3. The lowest BCUT2D eigenvalue weighted by Gasteiger charge is -2.33. The summed E-state index contributed by atoms with van der Waals surface area (Å²) in [5, 5.41) is 1.37. The zero-order chi connectivity index (χ0) is 16.2. The number of ether oxygens (including phenoxy) is 1. The zero-order valence-corrected chi connectivity index (χ0v) is 14.8. The number of hydrogen-bond acceptors (Lipinski definition) is 5. The molecule has 5 nitrogen and oxygen atoms in total. The summed E-state index contributed by atoms with van der Waals surface area (Å²) in [6, 6.07) is 1.78. The Morgan fingerprint density at radius 1 is 1.41 bits per heavy atom. The van der Waals surface area contributed by atoms with Crippen molar-refractivity contribution in [3.05, 3.63) is 17.5 Å². The van der Waals surface area contributed by atoms with E-state index in [1.165, 1.54) is 6.33 Å². The fourth-order valence-electron chi connectivity index (χ4n) is 2.21. The van der Waals surface area contributed by atoms with Gasteiger partial charge in [0.05, 0.1) is 0 Å². The summed E-state index contributed by atoms with van der Waals surface area (Å²) in [5.74, 6) is 1.56. The Kier molecular flexibility index (Phi) is 5.92. The predicted octanol–water partition coefficient (Wildman–Crippen LogP) is 3.87. The van der Waals surface area contributed by atoms with Crippen molar-refractivity contribution in [2.75, 3.05) is 18.8 Å². The van der Waals surface area contributed by atoms with Gasteiger partial charge in [0.15, 0.2) is 0 Å². The van der Waals surface area contributed by atoms with E-state index in [2.05, 4.69) is 9.97 Å². The highest BCUT2D eigenvalue weighted by Gasteiger charge is 2.26. The summed E-state index contributed by atoms with van der Waals surface area (Å²) in [5.41, 5.74) is -0.434. The molecule has 0 aliphatic carbocycles. The molecule has 0 atom stereocenters. The van der Waals surface area contributed by atoms with Crippen LogP contribution in [0, 0.1) is 5.92 Å². The standard InChI is InChI=1S/C15H22ClN3O2S/c1-15(2,3)21-14(20)19-6-4-11(5-7-19)9-22-13-8-12(16)17-10-18-13/h8,10-11H,4-7,9H2,1-3H3. The van der Waals surface area contributed by atoms with E-state index in [0.717, 1.165) is 36.7 Å². The second kappa shape index (κ2) is 7.51. The molecule has 0 N–H and O–H groups in total. The van der Waals surface area contributed by atoms with Crippen molar-refractivity contribution in [2.45, 2.75) is 44.2 Å². The maximum absolute atomic E-state index is 12.0. The number of hydrogen-bond donors (Lipinski definition) is 0. The quantitative estimate of drug-likeness (QED) is 0.616. The van der Waals surface area contributed by atoms with Crippen molar-refractivity contribution in [3.8, 4) is 0 Å². The van der Waals surface area contributed by atoms with Gasteiger partial charge in [-0.05, 0) is 39.5 Å². The normalized spacial score (nSPS) is 16.6. The molecule has 2 heterocycles. The molecule has 7 heteroatoms. The van der Waals surface area contributed by atoms with Crippen LogP contribution in [0.4, 0.5) is 4.79 Å². The number of aromatic nitrogens is 2. The smallest absolute Gasteiger partial charge is 0.410 e. The number of rotatable bonds is 3. The monoisotopic (exact) mass is 343 g/mol. The summed E-state index contributed by atoms with van der Waals surface area (Å²) in [4.78, 5) is 21.9. The van der Waals surface area contributed by atoms with E-state index < -0.39 is 5.60 Å². The number of piperidine rings is 1. The fourth-order valence-corrected chi connectivity index (χ4v) is 3.48. The molecule has 0 unspecified atom stereocenters. The second-order valence-corrected chi connectivity index (χ2v) is 7.83. The Morgan fingerprint density at radius 2 is 2.09 bits per heavy atom. The van der Waals surface area contributed by atoms with Crippen LogP contribution in [0.15, 0.2) is 17.4 Å². The van der Waals surface area contributed by atoms with Crippen LogP contribution in [0.5, 0.6) is 0 Å². The third kappa shape index (κ3) is 5.65. The highest BCUT2D eigenvalue weighted by atomic mass is 35.5. The van der Waals surface area contributed by atoms with Crippen LogP contribution < -0.4 is 0 Å². The first-order valence-electron chi connectivity index (χ1n) is 7.42. The van der Waals surface area contributed by atoms with Crippen LogP contribution >= 0.6 is 23.4 Å². The molecule has 0 spiro atoms. The average molecular weight is 344 g/mol. The molecule has 2 rings (SSSR count). The topological polar surface area (TPSA) is 55.3 Å². The largest absolute Gasteiger partial charge is 0.444 e. The molecule has 1 aromatic heterocycles. The molecule has 1 aliphatic heterocycles. The summed E-state index contributed by atoms with van der Waals surface area (Å²) in [6.45, 7) is 7.18. The van der Waals surface area contributed by atoms with E-state index in [1.54, 1.807) is 22.7 Å². The average Bonchev–Trinajstić information content (AvgIpc) is 2.44. The van der Waals surface area contributed by atoms with Gasteiger partial charge in [-0.2, -0.15) is 0 Å². The van der Waals surface area contributed by atoms with Gasteiger partial charge >= 0.3 is 6.09 Å². The molecule has 22 heavy (non-hydrogen) atoms. The van der Waals surface area contributed by atoms with Crippen molar-refractivity contribution in [1.82, 2.24) is 14.9 Å². The molecule has 122 valence electrons. The number of carbonyl (C=O) groups is 1. The Bertz CT molecular complexity index is 514. The maximum atomic E-state index is 12.0. The molecular weight excluding hydrogens is 322 g/mol. The zero-order valence-electron chi connectivity index (χ0n) is 13.2. The van der Waals surface area contributed by atoms with Crippen LogP contribution in [0.25, 0.3) is 0 Å². The van der Waals surface area contributed by atoms with Crippen molar-refractivity contribution < 1.29 is 9.53 Å². The van der Waals surface area contributed by atoms with Gasteiger partial charge in [-0.1, -0.05) is 11.6 Å². The van der Waals surface area contributed by atoms with Crippen LogP contribution in [0.3, 0.4) is 0 Å². The molecular formula is C15H22ClN3O2S. The number of thioether (sulfide) groups is 1. The molecule has 0 saturated carbocycles. The molecule has 1 aliphatic rings. The molecule has 1 fully saturated rings. The van der Waals surface area contributed by atoms with Gasteiger partial charge in [-0.15, -0.1) is 11.8 Å². The van der Waals surface area contributed by atoms with Gasteiger partial charge in [0.25, 0.3) is 0 Å². The van der Waals surface area contributed by atoms with E-state index in [0.29, 0.717) is 11.1 Å². The van der Waals surface area contributed by atoms with Crippen molar-refractivity contribution >= 4 is 29.5 Å². The number of amides is 1. The molecule has 1 saturated heterocycles. The Morgan fingerprint density at radius 3 is 2.68 bits per heavy atom. The van der Waals surface area contributed by atoms with Gasteiger partial charge in [0.1, 0.15) is 22.1 Å². The van der Waals surface area contributed by atoms with Gasteiger partial charge in [0.2, 0.25) is 0 Å². The lowest BCUT2D eigenvalue weighted by Crippen LogP contribution is -2.42. The van der Waals surface area contributed by atoms with E-state index in [-0.39, 0.29) is 6.09 Å². The summed E-state index contributed by atoms with van der Waals surface area (Å²) >= 11 is 7.54. The summed E-state index contributed by atoms with van der Waals surface area (Å²) in [7, 11) is 0. The van der Waals surface area contributed by atoms with Crippen LogP contribution in [-0.2, 0) is 4.74 Å². The third-order valence-corrected chi connectivity index (χ3v) is 4.71. The lowest BCUT2D eigenvalue weighted by atomic mass is 9.99. The van der Waals surface area contributed by atoms with Crippen molar-refractivity contribution in [1.29, 1.82) is 0 Å². The Balaban J connectivity index is 1.74. The highest BCUT2D eigenvalue weighted by Crippen LogP contribution is 2.26. The van der Waals surface area contributed by atoms with E-state index in [4.69, 9.17) is 16.3 Å². The number of carbonyl (C=O) groups excluding carboxylic acids is 1. The van der Waals surface area contributed by atoms with Crippen molar-refractivity contribution in [3.63, 3.8) is 0 Å². The minimum atomic E-state index is -0.434. The van der Waals surface area contributed by atoms with Gasteiger partial charge in [-0.3, -0.25) is 0 Å². The van der Waals surface area contributed by atoms with Gasteiger partial charge in [0, 0.05) is 24.9 Å². The molecule has 0 bridgehead atoms. The third-order valence-electron chi connectivity index (χ3n) is 3.34. The first-order valence-corrected chi connectivity index (χ1v) is 8.78. The SMILES string of the molecule is CC(C)(C)OC(=O)N1CCC(CSc2cc(Cl)ncn2)CC1. The number of halogens is 1. The van der Waals surface area contributed by atoms with E-state index >= 15 is 0 Å². The van der Waals surface area contributed by atoms with Crippen LogP contribution in [0.1, 0.15) is 33.6 Å². The van der Waals surface area contributed by atoms with E-state index in [9.17, 15) is 4.79 Å². The van der Waals surface area contributed by atoms with Gasteiger partial charge in [-0.25, -0.2) is 14.8 Å². The minimum absolute atomic E-state index is 0.207. The van der Waals surface area contributed by atoms with E-state index in [1.807, 2.05) is 20.8 Å². The molecule has 1 amide bonds. The van der Waals surface area contributed by atoms with Gasteiger partial charge < -0.3 is 9.64 Å². The number of nitrogens with zero attached hydrogens (tertiary/aromatic N) is 3. The first kappa shape index (κ1) is 17.3. The molecule has 0 radical (unpaired) electrons. The Labute approximate surface area is 140 Å². The second-order valence-electron chi connectivity index (χ2n) is 6.40. The van der Waals surface area contributed by atoms with Crippen LogP contribution in [0.2, 0.25) is 5.15 Å². The van der Waals surface area contributed by atoms with Crippen molar-refractivity contribution in [2.24, 2.45) is 5.92 Å². The summed E-state index contributed by atoms with van der Waals surface area (Å²) in [6.07, 6.45) is 3.26. The minimum Gasteiger partial charge on any atom is -0.444 e. The summed E-state index contributed by atoms with van der Waals surface area (Å²) < 4.78 is 5.41. The van der Waals surface area contributed by atoms with Crippen LogP contribution in [-0.4, -0.2) is 45.4 Å². The maximum Gasteiger partial charge on any atom is 0.410 e. The fraction of sp³-hybridized carbons (Fsp3) is 0.667.